The molecular weight excluding hydrogens is 284 g/mol. The molecule has 1 rings (SSSR count). The van der Waals surface area contributed by atoms with Gasteiger partial charge in [0.25, 0.3) is 0 Å². The van der Waals surface area contributed by atoms with E-state index in [1.54, 1.807) is 12.5 Å². The first kappa shape index (κ1) is 10.1. The minimum Gasteiger partial charge on any atom is -0.244 e. The fourth-order valence-electron chi connectivity index (χ4n) is 0.875. The summed E-state index contributed by atoms with van der Waals surface area (Å²) >= 11 is 6.95. The Bertz CT molecular complexity index is 263. The van der Waals surface area contributed by atoms with E-state index in [2.05, 4.69) is 55.7 Å². The second-order valence-corrected chi connectivity index (χ2v) is 5.02. The molecular formula is C8H10Br2N2. The highest BCUT2D eigenvalue weighted by atomic mass is 79.9. The quantitative estimate of drug-likeness (QED) is 0.783. The van der Waals surface area contributed by atoms with Crippen molar-refractivity contribution in [1.82, 2.24) is 9.97 Å². The molecule has 0 amide bonds. The van der Waals surface area contributed by atoms with Gasteiger partial charge in [0.1, 0.15) is 6.33 Å². The van der Waals surface area contributed by atoms with E-state index in [-0.39, 0.29) is 0 Å². The molecule has 0 saturated heterocycles. The monoisotopic (exact) mass is 292 g/mol. The van der Waals surface area contributed by atoms with Gasteiger partial charge >= 0.3 is 0 Å². The summed E-state index contributed by atoms with van der Waals surface area (Å²) in [6.45, 7) is 4.24. The maximum atomic E-state index is 4.21. The Morgan fingerprint density at radius 2 is 2.08 bits per heavy atom. The summed E-state index contributed by atoms with van der Waals surface area (Å²) in [5, 5.41) is 0. The third kappa shape index (κ3) is 2.26. The second-order valence-electron chi connectivity index (χ2n) is 2.72. The topological polar surface area (TPSA) is 25.8 Å². The maximum absolute atomic E-state index is 4.21. The molecule has 0 aliphatic carbocycles. The lowest BCUT2D eigenvalue weighted by Crippen LogP contribution is -2.07. The molecule has 0 aromatic carbocycles. The number of hydrogen-bond acceptors (Lipinski definition) is 2. The highest BCUT2D eigenvalue weighted by Gasteiger charge is 2.15. The summed E-state index contributed by atoms with van der Waals surface area (Å²) in [7, 11) is 0. The molecule has 0 radical (unpaired) electrons. The molecule has 0 bridgehead atoms. The van der Waals surface area contributed by atoms with Crippen LogP contribution in [-0.4, -0.2) is 14.8 Å². The molecule has 12 heavy (non-hydrogen) atoms. The Morgan fingerprint density at radius 1 is 1.42 bits per heavy atom. The van der Waals surface area contributed by atoms with Crippen molar-refractivity contribution in [2.45, 2.75) is 24.6 Å². The van der Waals surface area contributed by atoms with Crippen LogP contribution in [-0.2, 0) is 0 Å². The van der Waals surface area contributed by atoms with E-state index in [0.717, 1.165) is 10.2 Å². The largest absolute Gasteiger partial charge is 0.244 e. The average Bonchev–Trinajstić information content (AvgIpc) is 2.04. The van der Waals surface area contributed by atoms with Gasteiger partial charge in [-0.15, -0.1) is 0 Å². The van der Waals surface area contributed by atoms with E-state index < -0.39 is 0 Å². The molecule has 0 spiro atoms. The van der Waals surface area contributed by atoms with Crippen LogP contribution in [0.1, 0.15) is 25.5 Å². The summed E-state index contributed by atoms with van der Waals surface area (Å²) in [5.41, 5.74) is 1.05. The summed E-state index contributed by atoms with van der Waals surface area (Å²) in [6.07, 6.45) is 3.35. The fourth-order valence-corrected chi connectivity index (χ4v) is 1.71. The number of hydrogen-bond donors (Lipinski definition) is 0. The Kier molecular flexibility index (Phi) is 3.65. The fraction of sp³-hybridized carbons (Fsp3) is 0.500. The van der Waals surface area contributed by atoms with Gasteiger partial charge in [-0.05, 0) is 15.9 Å². The first-order valence-electron chi connectivity index (χ1n) is 3.72. The van der Waals surface area contributed by atoms with Crippen LogP contribution in [0.5, 0.6) is 0 Å². The van der Waals surface area contributed by atoms with Crippen molar-refractivity contribution in [2.75, 3.05) is 0 Å². The highest BCUT2D eigenvalue weighted by molar-refractivity contribution is 9.10. The zero-order valence-corrected chi connectivity index (χ0v) is 10.1. The molecule has 0 saturated carbocycles. The lowest BCUT2D eigenvalue weighted by Gasteiger charge is -2.13. The van der Waals surface area contributed by atoms with Crippen LogP contribution in [0, 0.1) is 0 Å². The molecule has 1 aromatic rings. The molecule has 66 valence electrons. The zero-order valence-electron chi connectivity index (χ0n) is 6.96. The minimum absolute atomic E-state index is 0.391. The number of nitrogens with zero attached hydrogens (tertiary/aromatic N) is 2. The molecule has 0 N–H and O–H groups in total. The van der Waals surface area contributed by atoms with Crippen LogP contribution >= 0.6 is 31.9 Å². The minimum atomic E-state index is 0.391. The number of rotatable bonds is 2. The maximum Gasteiger partial charge on any atom is 0.115 e. The molecule has 0 aliphatic heterocycles. The SMILES string of the molecule is CC(Br)C(C)c1ncncc1Br. The Hall–Kier alpha value is 0.0400. The molecule has 0 fully saturated rings. The smallest absolute Gasteiger partial charge is 0.115 e. The molecule has 2 atom stereocenters. The van der Waals surface area contributed by atoms with Gasteiger partial charge < -0.3 is 0 Å². The van der Waals surface area contributed by atoms with Gasteiger partial charge in [0.2, 0.25) is 0 Å². The van der Waals surface area contributed by atoms with Crippen LogP contribution in [0.25, 0.3) is 0 Å². The average molecular weight is 294 g/mol. The lowest BCUT2D eigenvalue weighted by molar-refractivity contribution is 0.724. The predicted octanol–water partition coefficient (Wildman–Crippen LogP) is 3.13. The van der Waals surface area contributed by atoms with Crippen LogP contribution < -0.4 is 0 Å². The predicted molar refractivity (Wildman–Crippen MR) is 56.5 cm³/mol. The van der Waals surface area contributed by atoms with E-state index in [1.165, 1.54) is 0 Å². The van der Waals surface area contributed by atoms with E-state index in [9.17, 15) is 0 Å². The Labute approximate surface area is 89.1 Å². The first-order valence-corrected chi connectivity index (χ1v) is 5.43. The van der Waals surface area contributed by atoms with Gasteiger partial charge in [-0.3, -0.25) is 0 Å². The van der Waals surface area contributed by atoms with Crippen LogP contribution in [0.3, 0.4) is 0 Å². The van der Waals surface area contributed by atoms with Crippen molar-refractivity contribution in [3.63, 3.8) is 0 Å². The van der Waals surface area contributed by atoms with E-state index in [4.69, 9.17) is 0 Å². The van der Waals surface area contributed by atoms with Gasteiger partial charge in [0.15, 0.2) is 0 Å². The van der Waals surface area contributed by atoms with Crippen molar-refractivity contribution in [3.8, 4) is 0 Å². The third-order valence-corrected chi connectivity index (χ3v) is 3.22. The van der Waals surface area contributed by atoms with Crippen molar-refractivity contribution in [2.24, 2.45) is 0 Å². The molecule has 1 heterocycles. The summed E-state index contributed by atoms with van der Waals surface area (Å²) in [4.78, 5) is 8.54. The van der Waals surface area contributed by atoms with Crippen LogP contribution in [0.4, 0.5) is 0 Å². The summed E-state index contributed by atoms with van der Waals surface area (Å²) in [5.74, 6) is 0.391. The van der Waals surface area contributed by atoms with Gasteiger partial charge in [-0.1, -0.05) is 29.8 Å². The first-order chi connectivity index (χ1) is 5.63. The van der Waals surface area contributed by atoms with Crippen LogP contribution in [0.15, 0.2) is 17.0 Å². The highest BCUT2D eigenvalue weighted by Crippen LogP contribution is 2.27. The van der Waals surface area contributed by atoms with Crippen molar-refractivity contribution < 1.29 is 0 Å². The zero-order chi connectivity index (χ0) is 9.14. The van der Waals surface area contributed by atoms with Crippen molar-refractivity contribution >= 4 is 31.9 Å². The molecule has 4 heteroatoms. The standard InChI is InChI=1S/C8H10Br2N2/c1-5(6(2)9)8-7(10)3-11-4-12-8/h3-6H,1-2H3. The van der Waals surface area contributed by atoms with E-state index in [0.29, 0.717) is 10.7 Å². The Morgan fingerprint density at radius 3 is 2.58 bits per heavy atom. The molecule has 2 nitrogen and oxygen atoms in total. The number of aromatic nitrogens is 2. The molecule has 0 aliphatic rings. The van der Waals surface area contributed by atoms with E-state index in [1.807, 2.05) is 0 Å². The molecule has 2 unspecified atom stereocenters. The van der Waals surface area contributed by atoms with Crippen LogP contribution in [0.2, 0.25) is 0 Å². The summed E-state index contributed by atoms with van der Waals surface area (Å²) < 4.78 is 0.976. The van der Waals surface area contributed by atoms with Gasteiger partial charge in [-0.25, -0.2) is 9.97 Å². The Balaban J connectivity index is 2.94. The van der Waals surface area contributed by atoms with Gasteiger partial charge in [-0.2, -0.15) is 0 Å². The van der Waals surface area contributed by atoms with Crippen molar-refractivity contribution in [3.05, 3.63) is 22.7 Å². The normalized spacial score (nSPS) is 15.7. The third-order valence-electron chi connectivity index (χ3n) is 1.82. The van der Waals surface area contributed by atoms with Gasteiger partial charge in [0.05, 0.1) is 10.2 Å². The molecule has 1 aromatic heterocycles. The van der Waals surface area contributed by atoms with Gasteiger partial charge in [0, 0.05) is 16.9 Å². The summed E-state index contributed by atoms with van der Waals surface area (Å²) in [6, 6.07) is 0. The van der Waals surface area contributed by atoms with E-state index >= 15 is 0 Å². The lowest BCUT2D eigenvalue weighted by atomic mass is 10.1. The number of alkyl halides is 1. The number of halogens is 2. The second kappa shape index (κ2) is 4.33. The van der Waals surface area contributed by atoms with Crippen molar-refractivity contribution in [1.29, 1.82) is 0 Å².